The molecule has 29 heavy (non-hydrogen) atoms. The number of carbonyl (C=O) groups excluding carboxylic acids is 1. The van der Waals surface area contributed by atoms with E-state index >= 15 is 0 Å². The highest BCUT2D eigenvalue weighted by atomic mass is 79.9. The van der Waals surface area contributed by atoms with E-state index in [4.69, 9.17) is 9.52 Å². The number of nitrogens with zero attached hydrogens (tertiary/aromatic N) is 2. The van der Waals surface area contributed by atoms with Crippen molar-refractivity contribution in [3.8, 4) is 11.3 Å². The number of aromatic nitrogens is 1. The minimum atomic E-state index is -1.08. The summed E-state index contributed by atoms with van der Waals surface area (Å²) in [5.41, 5.74) is 1.57. The first kappa shape index (κ1) is 20.6. The monoisotopic (exact) mass is 457 g/mol. The lowest BCUT2D eigenvalue weighted by molar-refractivity contribution is -0.108. The zero-order valence-corrected chi connectivity index (χ0v) is 17.1. The standard InChI is InChI=1S/C21H20BrN3O4/c22-16-8-4-9-17(12-16)25(14-26)18(10-5-11-23-21(27)28)20-24-13-19(29-20)15-6-2-1-3-7-15/h1-4,6-9,12-14,18,23H,5,10-11H2,(H,27,28)/t18-/m0/s1. The van der Waals surface area contributed by atoms with Gasteiger partial charge in [0.15, 0.2) is 5.76 Å². The van der Waals surface area contributed by atoms with Crippen molar-refractivity contribution < 1.29 is 19.1 Å². The van der Waals surface area contributed by atoms with Gasteiger partial charge in [-0.15, -0.1) is 0 Å². The molecule has 0 bridgehead atoms. The van der Waals surface area contributed by atoms with Gasteiger partial charge < -0.3 is 19.7 Å². The summed E-state index contributed by atoms with van der Waals surface area (Å²) in [7, 11) is 0. The van der Waals surface area contributed by atoms with Crippen molar-refractivity contribution in [2.45, 2.75) is 18.9 Å². The maximum atomic E-state index is 12.0. The van der Waals surface area contributed by atoms with Crippen LogP contribution < -0.4 is 10.2 Å². The number of amides is 2. The number of nitrogens with one attached hydrogen (secondary N) is 1. The van der Waals surface area contributed by atoms with Crippen LogP contribution >= 0.6 is 15.9 Å². The smallest absolute Gasteiger partial charge is 0.404 e. The molecule has 7 nitrogen and oxygen atoms in total. The van der Waals surface area contributed by atoms with Crippen LogP contribution in [0.4, 0.5) is 10.5 Å². The average molecular weight is 458 g/mol. The fourth-order valence-electron chi connectivity index (χ4n) is 3.00. The number of hydrogen-bond donors (Lipinski definition) is 2. The van der Waals surface area contributed by atoms with Gasteiger partial charge in [-0.2, -0.15) is 0 Å². The minimum absolute atomic E-state index is 0.267. The van der Waals surface area contributed by atoms with Gasteiger partial charge in [-0.3, -0.25) is 4.79 Å². The van der Waals surface area contributed by atoms with Crippen molar-refractivity contribution in [3.63, 3.8) is 0 Å². The van der Waals surface area contributed by atoms with Crippen molar-refractivity contribution in [1.82, 2.24) is 10.3 Å². The summed E-state index contributed by atoms with van der Waals surface area (Å²) in [5.74, 6) is 1.00. The van der Waals surface area contributed by atoms with Gasteiger partial charge in [0, 0.05) is 22.3 Å². The summed E-state index contributed by atoms with van der Waals surface area (Å²) in [4.78, 5) is 28.6. The maximum Gasteiger partial charge on any atom is 0.404 e. The van der Waals surface area contributed by atoms with Gasteiger partial charge >= 0.3 is 6.09 Å². The van der Waals surface area contributed by atoms with E-state index in [1.807, 2.05) is 54.6 Å². The molecule has 1 aromatic heterocycles. The maximum absolute atomic E-state index is 12.0. The topological polar surface area (TPSA) is 95.7 Å². The van der Waals surface area contributed by atoms with Crippen molar-refractivity contribution in [2.75, 3.05) is 11.4 Å². The van der Waals surface area contributed by atoms with Crippen LogP contribution in [-0.4, -0.2) is 29.1 Å². The number of benzene rings is 2. The van der Waals surface area contributed by atoms with Gasteiger partial charge in [-0.1, -0.05) is 52.3 Å². The quantitative estimate of drug-likeness (QED) is 0.353. The number of hydrogen-bond acceptors (Lipinski definition) is 4. The van der Waals surface area contributed by atoms with Crippen LogP contribution in [0.1, 0.15) is 24.8 Å². The highest BCUT2D eigenvalue weighted by Crippen LogP contribution is 2.32. The molecule has 0 aliphatic carbocycles. The predicted molar refractivity (Wildman–Crippen MR) is 113 cm³/mol. The van der Waals surface area contributed by atoms with E-state index in [0.717, 1.165) is 16.4 Å². The second-order valence-electron chi connectivity index (χ2n) is 6.31. The molecule has 0 aliphatic rings. The van der Waals surface area contributed by atoms with Gasteiger partial charge in [0.25, 0.3) is 0 Å². The third-order valence-electron chi connectivity index (χ3n) is 4.35. The van der Waals surface area contributed by atoms with Crippen molar-refractivity contribution in [1.29, 1.82) is 0 Å². The van der Waals surface area contributed by atoms with E-state index in [1.54, 1.807) is 11.1 Å². The zero-order valence-electron chi connectivity index (χ0n) is 15.5. The van der Waals surface area contributed by atoms with Crippen LogP contribution in [-0.2, 0) is 4.79 Å². The van der Waals surface area contributed by atoms with E-state index in [9.17, 15) is 9.59 Å². The Hall–Kier alpha value is -3.13. The molecule has 0 aliphatic heterocycles. The predicted octanol–water partition coefficient (Wildman–Crippen LogP) is 4.86. The molecule has 0 saturated carbocycles. The lowest BCUT2D eigenvalue weighted by atomic mass is 10.1. The lowest BCUT2D eigenvalue weighted by Crippen LogP contribution is -2.29. The molecule has 2 aromatic carbocycles. The van der Waals surface area contributed by atoms with Gasteiger partial charge in [0.1, 0.15) is 6.04 Å². The summed E-state index contributed by atoms with van der Waals surface area (Å²) in [6.07, 6.45) is 2.28. The summed E-state index contributed by atoms with van der Waals surface area (Å²) in [5, 5.41) is 11.1. The summed E-state index contributed by atoms with van der Waals surface area (Å²) in [6, 6.07) is 16.5. The SMILES string of the molecule is O=CN(c1cccc(Br)c1)[C@@H](CCCNC(=O)O)c1ncc(-c2ccccc2)o1. The number of rotatable bonds is 9. The van der Waals surface area contributed by atoms with Crippen LogP contribution in [0.3, 0.4) is 0 Å². The van der Waals surface area contributed by atoms with Crippen LogP contribution in [0, 0.1) is 0 Å². The molecule has 0 spiro atoms. The Morgan fingerprint density at radius 2 is 2.03 bits per heavy atom. The van der Waals surface area contributed by atoms with E-state index in [-0.39, 0.29) is 6.54 Å². The van der Waals surface area contributed by atoms with E-state index in [1.165, 1.54) is 0 Å². The molecular formula is C21H20BrN3O4. The highest BCUT2D eigenvalue weighted by Gasteiger charge is 2.25. The third-order valence-corrected chi connectivity index (χ3v) is 4.85. The Bertz CT molecular complexity index is 961. The van der Waals surface area contributed by atoms with Crippen molar-refractivity contribution >= 4 is 34.1 Å². The summed E-state index contributed by atoms with van der Waals surface area (Å²) >= 11 is 3.42. The van der Waals surface area contributed by atoms with Crippen molar-refractivity contribution in [3.05, 3.63) is 71.2 Å². The Labute approximate surface area is 176 Å². The Morgan fingerprint density at radius 1 is 1.24 bits per heavy atom. The van der Waals surface area contributed by atoms with Gasteiger partial charge in [-0.05, 0) is 31.0 Å². The first-order valence-electron chi connectivity index (χ1n) is 9.05. The van der Waals surface area contributed by atoms with Gasteiger partial charge in [-0.25, -0.2) is 9.78 Å². The zero-order chi connectivity index (χ0) is 20.6. The number of carboxylic acid groups (broad SMARTS) is 1. The van der Waals surface area contributed by atoms with Crippen LogP contribution in [0.2, 0.25) is 0 Å². The largest absolute Gasteiger partial charge is 0.465 e. The molecule has 0 radical (unpaired) electrons. The van der Waals surface area contributed by atoms with Gasteiger partial charge in [0.2, 0.25) is 12.3 Å². The number of carbonyl (C=O) groups is 2. The van der Waals surface area contributed by atoms with E-state index in [0.29, 0.717) is 30.2 Å². The third kappa shape index (κ3) is 5.45. The molecule has 3 rings (SSSR count). The Kier molecular flexibility index (Phi) is 7.02. The normalized spacial score (nSPS) is 11.6. The van der Waals surface area contributed by atoms with E-state index in [2.05, 4.69) is 26.2 Å². The molecule has 1 heterocycles. The molecule has 2 N–H and O–H groups in total. The Morgan fingerprint density at radius 3 is 2.72 bits per heavy atom. The van der Waals surface area contributed by atoms with Crippen molar-refractivity contribution in [2.24, 2.45) is 0 Å². The second-order valence-corrected chi connectivity index (χ2v) is 7.23. The number of oxazole rings is 1. The van der Waals surface area contributed by atoms with Crippen LogP contribution in [0.15, 0.2) is 69.7 Å². The van der Waals surface area contributed by atoms with Gasteiger partial charge in [0.05, 0.1) is 6.20 Å². The second kappa shape index (κ2) is 9.88. The number of halogens is 1. The van der Waals surface area contributed by atoms with E-state index < -0.39 is 12.1 Å². The summed E-state index contributed by atoms with van der Waals surface area (Å²) in [6.45, 7) is 0.267. The molecule has 0 saturated heterocycles. The molecule has 3 aromatic rings. The number of anilines is 1. The first-order valence-corrected chi connectivity index (χ1v) is 9.85. The molecule has 1 atom stereocenters. The summed E-state index contributed by atoms with van der Waals surface area (Å²) < 4.78 is 6.82. The molecule has 0 fully saturated rings. The lowest BCUT2D eigenvalue weighted by Gasteiger charge is -2.26. The highest BCUT2D eigenvalue weighted by molar-refractivity contribution is 9.10. The first-order chi connectivity index (χ1) is 14.1. The van der Waals surface area contributed by atoms with Crippen LogP contribution in [0.25, 0.3) is 11.3 Å². The molecule has 2 amide bonds. The molecular weight excluding hydrogens is 438 g/mol. The molecule has 150 valence electrons. The molecule has 8 heteroatoms. The van der Waals surface area contributed by atoms with Crippen LogP contribution in [0.5, 0.6) is 0 Å². The fourth-order valence-corrected chi connectivity index (χ4v) is 3.39. The minimum Gasteiger partial charge on any atom is -0.465 e. The fraction of sp³-hybridized carbons (Fsp3) is 0.190. The molecule has 0 unspecified atom stereocenters. The Balaban J connectivity index is 1.89. The average Bonchev–Trinajstić information content (AvgIpc) is 3.21.